The van der Waals surface area contributed by atoms with Gasteiger partial charge in [0.05, 0.1) is 6.54 Å². The maximum atomic E-state index is 11.9. The Morgan fingerprint density at radius 1 is 1.25 bits per heavy atom. The average Bonchev–Trinajstić information content (AvgIpc) is 2.45. The molecular weight excluding hydrogens is 388 g/mol. The summed E-state index contributed by atoms with van der Waals surface area (Å²) in [5.41, 5.74) is 0.911. The summed E-state index contributed by atoms with van der Waals surface area (Å²) in [4.78, 5) is 16.6. The Morgan fingerprint density at radius 2 is 1.88 bits per heavy atom. The highest BCUT2D eigenvalue weighted by atomic mass is 79.9. The van der Waals surface area contributed by atoms with Crippen LogP contribution in [0.2, 0.25) is 0 Å². The van der Waals surface area contributed by atoms with Crippen LogP contribution < -0.4 is 0 Å². The maximum Gasteiger partial charge on any atom is 0.320 e. The van der Waals surface area contributed by atoms with E-state index < -0.39 is 5.60 Å². The summed E-state index contributed by atoms with van der Waals surface area (Å²) in [6.07, 6.45) is 0. The van der Waals surface area contributed by atoms with Crippen molar-refractivity contribution in [1.82, 2.24) is 9.80 Å². The minimum absolute atomic E-state index is 0. The van der Waals surface area contributed by atoms with Crippen LogP contribution in [-0.4, -0.2) is 54.1 Å². The van der Waals surface area contributed by atoms with Gasteiger partial charge in [-0.2, -0.15) is 13.5 Å². The zero-order valence-electron chi connectivity index (χ0n) is 15.0. The van der Waals surface area contributed by atoms with E-state index >= 15 is 0 Å². The fraction of sp³-hybridized carbons (Fsp3) is 0.611. The van der Waals surface area contributed by atoms with E-state index in [1.54, 1.807) is 0 Å². The summed E-state index contributed by atoms with van der Waals surface area (Å²) < 4.78 is 6.51. The molecule has 1 aromatic carbocycles. The molecule has 0 radical (unpaired) electrons. The summed E-state index contributed by atoms with van der Waals surface area (Å²) in [6.45, 7) is 12.1. The lowest BCUT2D eigenvalue weighted by Crippen LogP contribution is -2.49. The molecule has 0 bridgehead atoms. The highest BCUT2D eigenvalue weighted by molar-refractivity contribution is 9.10. The Morgan fingerprint density at radius 3 is 2.42 bits per heavy atom. The predicted octanol–water partition coefficient (Wildman–Crippen LogP) is 3.58. The third-order valence-corrected chi connectivity index (χ3v) is 4.55. The molecule has 0 saturated carbocycles. The summed E-state index contributed by atoms with van der Waals surface area (Å²) in [5, 5.41) is 0. The Bertz CT molecular complexity index is 540. The van der Waals surface area contributed by atoms with Gasteiger partial charge in [0.1, 0.15) is 5.60 Å². The molecule has 1 aliphatic heterocycles. The molecule has 0 amide bonds. The lowest BCUT2D eigenvalue weighted by atomic mass is 10.1. The highest BCUT2D eigenvalue weighted by Gasteiger charge is 2.25. The van der Waals surface area contributed by atoms with Gasteiger partial charge < -0.3 is 4.74 Å². The molecule has 1 heterocycles. The molecule has 2 rings (SSSR count). The predicted molar refractivity (Wildman–Crippen MR) is 107 cm³/mol. The average molecular weight is 417 g/mol. The van der Waals surface area contributed by atoms with Crippen molar-refractivity contribution in [3.05, 3.63) is 34.3 Å². The first-order valence-electron chi connectivity index (χ1n) is 8.18. The third-order valence-electron chi connectivity index (χ3n) is 4.06. The molecule has 4 nitrogen and oxygen atoms in total. The van der Waals surface area contributed by atoms with Crippen LogP contribution in [0.5, 0.6) is 0 Å². The van der Waals surface area contributed by atoms with Crippen LogP contribution in [-0.2, 0) is 9.53 Å². The monoisotopic (exact) mass is 416 g/mol. The number of hydrogen-bond donors (Lipinski definition) is 0. The SMILES string of the molecule is CC(c1cccc(Br)c1)N1CCN(CC(=O)OC(C)(C)C)CC1.S. The molecule has 0 aromatic heterocycles. The minimum atomic E-state index is -0.409. The fourth-order valence-corrected chi connectivity index (χ4v) is 3.26. The van der Waals surface area contributed by atoms with Crippen molar-refractivity contribution in [3.8, 4) is 0 Å². The van der Waals surface area contributed by atoms with Crippen LogP contribution in [0, 0.1) is 0 Å². The molecule has 1 atom stereocenters. The number of hydrogen-bond acceptors (Lipinski definition) is 4. The van der Waals surface area contributed by atoms with E-state index in [0.29, 0.717) is 12.6 Å². The number of carbonyl (C=O) groups is 1. The number of piperazine rings is 1. The molecule has 1 aromatic rings. The van der Waals surface area contributed by atoms with Crippen LogP contribution in [0.3, 0.4) is 0 Å². The lowest BCUT2D eigenvalue weighted by molar-refractivity contribution is -0.156. The Balaban J connectivity index is 0.00000288. The summed E-state index contributed by atoms with van der Waals surface area (Å²) in [7, 11) is 0. The molecular formula is C18H29BrN2O2S. The van der Waals surface area contributed by atoms with Gasteiger partial charge in [0.15, 0.2) is 0 Å². The summed E-state index contributed by atoms with van der Waals surface area (Å²) in [5.74, 6) is -0.133. The lowest BCUT2D eigenvalue weighted by Gasteiger charge is -2.38. The van der Waals surface area contributed by atoms with Crippen molar-refractivity contribution < 1.29 is 9.53 Å². The van der Waals surface area contributed by atoms with Gasteiger partial charge in [-0.1, -0.05) is 28.1 Å². The van der Waals surface area contributed by atoms with E-state index in [2.05, 4.69) is 56.9 Å². The standard InChI is InChI=1S/C18H27BrN2O2.H2S/c1-14(15-6-5-7-16(19)12-15)21-10-8-20(9-11-21)13-17(22)23-18(2,3)4;/h5-7,12,14H,8-11,13H2,1-4H3;1H2. The first kappa shape index (κ1) is 21.5. The second-order valence-electron chi connectivity index (χ2n) is 7.13. The largest absolute Gasteiger partial charge is 0.459 e. The topological polar surface area (TPSA) is 32.8 Å². The molecule has 136 valence electrons. The van der Waals surface area contributed by atoms with E-state index in [1.165, 1.54) is 5.56 Å². The van der Waals surface area contributed by atoms with Crippen molar-refractivity contribution >= 4 is 35.4 Å². The Labute approximate surface area is 161 Å². The van der Waals surface area contributed by atoms with Crippen LogP contribution in [0.1, 0.15) is 39.3 Å². The zero-order chi connectivity index (χ0) is 17.0. The van der Waals surface area contributed by atoms with Crippen LogP contribution in [0.15, 0.2) is 28.7 Å². The molecule has 0 spiro atoms. The number of carbonyl (C=O) groups excluding carboxylic acids is 1. The number of rotatable bonds is 4. The Kier molecular flexibility index (Phi) is 8.26. The number of benzene rings is 1. The quantitative estimate of drug-likeness (QED) is 0.702. The van der Waals surface area contributed by atoms with Crippen LogP contribution in [0.4, 0.5) is 0 Å². The smallest absolute Gasteiger partial charge is 0.320 e. The summed E-state index contributed by atoms with van der Waals surface area (Å²) >= 11 is 3.54. The highest BCUT2D eigenvalue weighted by Crippen LogP contribution is 2.24. The van der Waals surface area contributed by atoms with Crippen molar-refractivity contribution in [3.63, 3.8) is 0 Å². The molecule has 0 aliphatic carbocycles. The molecule has 1 saturated heterocycles. The fourth-order valence-electron chi connectivity index (χ4n) is 2.84. The molecule has 1 unspecified atom stereocenters. The van der Waals surface area contributed by atoms with Gasteiger partial charge in [0.2, 0.25) is 0 Å². The van der Waals surface area contributed by atoms with Gasteiger partial charge in [-0.05, 0) is 45.4 Å². The van der Waals surface area contributed by atoms with Gasteiger partial charge >= 0.3 is 5.97 Å². The molecule has 24 heavy (non-hydrogen) atoms. The van der Waals surface area contributed by atoms with E-state index in [-0.39, 0.29) is 19.5 Å². The molecule has 0 N–H and O–H groups in total. The number of esters is 1. The maximum absolute atomic E-state index is 11.9. The minimum Gasteiger partial charge on any atom is -0.459 e. The van der Waals surface area contributed by atoms with E-state index in [1.807, 2.05) is 20.8 Å². The van der Waals surface area contributed by atoms with Gasteiger partial charge in [-0.25, -0.2) is 0 Å². The van der Waals surface area contributed by atoms with Crippen molar-refractivity contribution in [1.29, 1.82) is 0 Å². The van der Waals surface area contributed by atoms with Gasteiger partial charge in [-0.15, -0.1) is 0 Å². The Hall–Kier alpha value is -0.560. The number of nitrogens with zero attached hydrogens (tertiary/aromatic N) is 2. The van der Waals surface area contributed by atoms with Crippen LogP contribution >= 0.6 is 29.4 Å². The zero-order valence-corrected chi connectivity index (χ0v) is 17.6. The van der Waals surface area contributed by atoms with Crippen LogP contribution in [0.25, 0.3) is 0 Å². The molecule has 1 fully saturated rings. The van der Waals surface area contributed by atoms with Crippen molar-refractivity contribution in [2.24, 2.45) is 0 Å². The van der Waals surface area contributed by atoms with Gasteiger partial charge in [0, 0.05) is 36.7 Å². The van der Waals surface area contributed by atoms with Gasteiger partial charge in [-0.3, -0.25) is 14.6 Å². The van der Waals surface area contributed by atoms with E-state index in [0.717, 1.165) is 30.7 Å². The van der Waals surface area contributed by atoms with Crippen molar-refractivity contribution in [2.45, 2.75) is 39.3 Å². The second kappa shape index (κ2) is 9.22. The van der Waals surface area contributed by atoms with Crippen molar-refractivity contribution in [2.75, 3.05) is 32.7 Å². The normalized spacial score (nSPS) is 17.9. The summed E-state index contributed by atoms with van der Waals surface area (Å²) in [6, 6.07) is 8.86. The van der Waals surface area contributed by atoms with Gasteiger partial charge in [0.25, 0.3) is 0 Å². The second-order valence-corrected chi connectivity index (χ2v) is 8.05. The van der Waals surface area contributed by atoms with E-state index in [9.17, 15) is 4.79 Å². The first-order chi connectivity index (χ1) is 10.7. The number of ether oxygens (including phenoxy) is 1. The molecule has 6 heteroatoms. The number of halogens is 1. The third kappa shape index (κ3) is 6.75. The first-order valence-corrected chi connectivity index (χ1v) is 8.97. The molecule has 1 aliphatic rings. The van der Waals surface area contributed by atoms with E-state index in [4.69, 9.17) is 4.74 Å².